The number of hydrogen-bond acceptors (Lipinski definition) is 8. The fourth-order valence-corrected chi connectivity index (χ4v) is 6.63. The number of anilines is 3. The van der Waals surface area contributed by atoms with Crippen LogP contribution in [0.25, 0.3) is 0 Å². The quantitative estimate of drug-likeness (QED) is 0.0793. The van der Waals surface area contributed by atoms with Gasteiger partial charge in [0.1, 0.15) is 16.3 Å². The first-order chi connectivity index (χ1) is 22.2. The summed E-state index contributed by atoms with van der Waals surface area (Å²) in [6.07, 6.45) is 0. The maximum Gasteiger partial charge on any atom is 0.270 e. The standard InChI is InChI=1S/C34H25N5O5S2/c1-21-28(20-35)34(46-29(21)32(41)36-24-13-6-3-7-14-24)38-33(42)30(22-10-4-2-5-11-22)45-27-17-9-15-25(19-27)37-31(40)23-12-8-16-26(18-23)39(43)44/h2-19,30H,1H3,(H,36,41)(H,37,40)(H,38,42). The average molecular weight is 648 g/mol. The number of amides is 3. The number of nitro groups is 1. The number of rotatable bonds is 10. The van der Waals surface area contributed by atoms with E-state index in [1.54, 1.807) is 55.5 Å². The number of nitriles is 1. The van der Waals surface area contributed by atoms with Gasteiger partial charge in [-0.05, 0) is 54.4 Å². The van der Waals surface area contributed by atoms with E-state index >= 15 is 0 Å². The zero-order valence-electron chi connectivity index (χ0n) is 24.2. The highest BCUT2D eigenvalue weighted by molar-refractivity contribution is 8.00. The molecule has 0 spiro atoms. The van der Waals surface area contributed by atoms with Gasteiger partial charge in [-0.3, -0.25) is 24.5 Å². The fourth-order valence-electron chi connectivity index (χ4n) is 4.49. The van der Waals surface area contributed by atoms with Crippen LogP contribution in [0.2, 0.25) is 0 Å². The number of para-hydroxylation sites is 1. The molecule has 1 aromatic heterocycles. The van der Waals surface area contributed by atoms with Gasteiger partial charge < -0.3 is 16.0 Å². The molecule has 1 unspecified atom stereocenters. The van der Waals surface area contributed by atoms with Crippen LogP contribution < -0.4 is 16.0 Å². The Bertz CT molecular complexity index is 1970. The Balaban J connectivity index is 1.37. The molecule has 3 amide bonds. The SMILES string of the molecule is Cc1c(C(=O)Nc2ccccc2)sc(NC(=O)C(Sc2cccc(NC(=O)c3cccc([N+](=O)[O-])c3)c2)c2ccccc2)c1C#N. The van der Waals surface area contributed by atoms with Gasteiger partial charge in [-0.2, -0.15) is 5.26 Å². The van der Waals surface area contributed by atoms with Crippen LogP contribution in [0, 0.1) is 28.4 Å². The Kier molecular flexibility index (Phi) is 9.87. The lowest BCUT2D eigenvalue weighted by molar-refractivity contribution is -0.384. The minimum absolute atomic E-state index is 0.130. The molecule has 12 heteroatoms. The predicted octanol–water partition coefficient (Wildman–Crippen LogP) is 7.81. The summed E-state index contributed by atoms with van der Waals surface area (Å²) in [6, 6.07) is 32.5. The number of nitrogens with one attached hydrogen (secondary N) is 3. The summed E-state index contributed by atoms with van der Waals surface area (Å²) < 4.78 is 0. The van der Waals surface area contributed by atoms with Crippen LogP contribution in [0.5, 0.6) is 0 Å². The molecule has 1 heterocycles. The molecule has 228 valence electrons. The lowest BCUT2D eigenvalue weighted by atomic mass is 10.1. The smallest absolute Gasteiger partial charge is 0.270 e. The Morgan fingerprint density at radius 2 is 1.48 bits per heavy atom. The maximum absolute atomic E-state index is 13.8. The lowest BCUT2D eigenvalue weighted by Gasteiger charge is -2.17. The van der Waals surface area contributed by atoms with E-state index in [0.717, 1.165) is 11.3 Å². The lowest BCUT2D eigenvalue weighted by Crippen LogP contribution is -2.19. The molecule has 46 heavy (non-hydrogen) atoms. The molecule has 0 saturated heterocycles. The highest BCUT2D eigenvalue weighted by Gasteiger charge is 2.27. The molecule has 0 aliphatic heterocycles. The number of carbonyl (C=O) groups is 3. The molecule has 5 aromatic rings. The molecule has 1 atom stereocenters. The number of thiophene rings is 1. The highest BCUT2D eigenvalue weighted by Crippen LogP contribution is 2.39. The van der Waals surface area contributed by atoms with Crippen LogP contribution in [0.15, 0.2) is 114 Å². The number of hydrogen-bond donors (Lipinski definition) is 3. The maximum atomic E-state index is 13.8. The fraction of sp³-hybridized carbons (Fsp3) is 0.0588. The molecule has 3 N–H and O–H groups in total. The molecule has 10 nitrogen and oxygen atoms in total. The van der Waals surface area contributed by atoms with E-state index in [1.807, 2.05) is 36.4 Å². The number of nitrogens with zero attached hydrogens (tertiary/aromatic N) is 2. The van der Waals surface area contributed by atoms with Crippen LogP contribution in [0.4, 0.5) is 22.1 Å². The van der Waals surface area contributed by atoms with Gasteiger partial charge >= 0.3 is 0 Å². The van der Waals surface area contributed by atoms with Crippen LogP contribution in [-0.4, -0.2) is 22.6 Å². The Labute approximate surface area is 272 Å². The van der Waals surface area contributed by atoms with E-state index in [4.69, 9.17) is 0 Å². The second-order valence-corrected chi connectivity index (χ2v) is 12.1. The van der Waals surface area contributed by atoms with E-state index in [1.165, 1.54) is 36.0 Å². The van der Waals surface area contributed by atoms with Crippen molar-refractivity contribution < 1.29 is 19.3 Å². The monoisotopic (exact) mass is 647 g/mol. The summed E-state index contributed by atoms with van der Waals surface area (Å²) in [7, 11) is 0. The third-order valence-electron chi connectivity index (χ3n) is 6.74. The topological polar surface area (TPSA) is 154 Å². The summed E-state index contributed by atoms with van der Waals surface area (Å²) in [6.45, 7) is 1.67. The number of benzene rings is 4. The summed E-state index contributed by atoms with van der Waals surface area (Å²) in [5, 5.41) is 29.0. The minimum atomic E-state index is -0.764. The van der Waals surface area contributed by atoms with E-state index < -0.39 is 22.0 Å². The van der Waals surface area contributed by atoms with E-state index in [-0.39, 0.29) is 27.7 Å². The van der Waals surface area contributed by atoms with E-state index in [0.29, 0.717) is 32.3 Å². The normalized spacial score (nSPS) is 11.1. The van der Waals surface area contributed by atoms with Gasteiger partial charge in [0.15, 0.2) is 0 Å². The zero-order valence-corrected chi connectivity index (χ0v) is 25.9. The summed E-state index contributed by atoms with van der Waals surface area (Å²) >= 11 is 2.26. The number of non-ortho nitro benzene ring substituents is 1. The van der Waals surface area contributed by atoms with Crippen molar-refractivity contribution >= 4 is 62.9 Å². The van der Waals surface area contributed by atoms with Crippen LogP contribution >= 0.6 is 23.1 Å². The molecule has 0 fully saturated rings. The van der Waals surface area contributed by atoms with Crippen molar-refractivity contribution in [3.63, 3.8) is 0 Å². The molecular weight excluding hydrogens is 623 g/mol. The molecule has 0 saturated carbocycles. The van der Waals surface area contributed by atoms with Gasteiger partial charge in [-0.15, -0.1) is 23.1 Å². The number of thioether (sulfide) groups is 1. The molecular formula is C34H25N5O5S2. The van der Waals surface area contributed by atoms with Crippen molar-refractivity contribution in [3.8, 4) is 6.07 Å². The molecule has 5 rings (SSSR count). The zero-order chi connectivity index (χ0) is 32.6. The van der Waals surface area contributed by atoms with Crippen LogP contribution in [-0.2, 0) is 4.79 Å². The molecule has 0 bridgehead atoms. The van der Waals surface area contributed by atoms with Crippen LogP contribution in [0.1, 0.15) is 42.0 Å². The average Bonchev–Trinajstić information content (AvgIpc) is 3.38. The first kappa shape index (κ1) is 31.6. The molecule has 0 aliphatic rings. The second-order valence-electron chi connectivity index (χ2n) is 9.88. The van der Waals surface area contributed by atoms with Gasteiger partial charge in [0, 0.05) is 34.0 Å². The molecule has 0 radical (unpaired) electrons. The largest absolute Gasteiger partial charge is 0.322 e. The Morgan fingerprint density at radius 3 is 2.17 bits per heavy atom. The predicted molar refractivity (Wildman–Crippen MR) is 179 cm³/mol. The first-order valence-electron chi connectivity index (χ1n) is 13.8. The summed E-state index contributed by atoms with van der Waals surface area (Å²) in [5.74, 6) is -1.31. The van der Waals surface area contributed by atoms with Crippen molar-refractivity contribution in [2.75, 3.05) is 16.0 Å². The van der Waals surface area contributed by atoms with Gasteiger partial charge in [-0.25, -0.2) is 0 Å². The van der Waals surface area contributed by atoms with Crippen molar-refractivity contribution in [2.24, 2.45) is 0 Å². The van der Waals surface area contributed by atoms with Crippen molar-refractivity contribution in [3.05, 3.63) is 146 Å². The van der Waals surface area contributed by atoms with E-state index in [9.17, 15) is 29.8 Å². The Morgan fingerprint density at radius 1 is 0.826 bits per heavy atom. The van der Waals surface area contributed by atoms with Crippen LogP contribution in [0.3, 0.4) is 0 Å². The van der Waals surface area contributed by atoms with Crippen molar-refractivity contribution in [1.29, 1.82) is 5.26 Å². The number of nitro benzene ring substituents is 1. The number of carbonyl (C=O) groups excluding carboxylic acids is 3. The molecule has 4 aromatic carbocycles. The third-order valence-corrected chi connectivity index (χ3v) is 9.19. The highest BCUT2D eigenvalue weighted by atomic mass is 32.2. The molecule has 0 aliphatic carbocycles. The first-order valence-corrected chi connectivity index (χ1v) is 15.5. The van der Waals surface area contributed by atoms with Crippen molar-refractivity contribution in [1.82, 2.24) is 0 Å². The van der Waals surface area contributed by atoms with Gasteiger partial charge in [0.2, 0.25) is 5.91 Å². The van der Waals surface area contributed by atoms with Gasteiger partial charge in [0.25, 0.3) is 17.5 Å². The Hall–Kier alpha value is -5.77. The van der Waals surface area contributed by atoms with Gasteiger partial charge in [-0.1, -0.05) is 60.7 Å². The van der Waals surface area contributed by atoms with E-state index in [2.05, 4.69) is 22.0 Å². The summed E-state index contributed by atoms with van der Waals surface area (Å²) in [5.41, 5.74) is 2.34. The third kappa shape index (κ3) is 7.47. The van der Waals surface area contributed by atoms with Gasteiger partial charge in [0.05, 0.1) is 15.4 Å². The minimum Gasteiger partial charge on any atom is -0.322 e. The summed E-state index contributed by atoms with van der Waals surface area (Å²) in [4.78, 5) is 51.3. The van der Waals surface area contributed by atoms with Crippen molar-refractivity contribution in [2.45, 2.75) is 17.1 Å². The second kappa shape index (κ2) is 14.3.